The fourth-order valence-corrected chi connectivity index (χ4v) is 3.38. The number of benzene rings is 2. The van der Waals surface area contributed by atoms with E-state index in [9.17, 15) is 14.7 Å². The van der Waals surface area contributed by atoms with E-state index in [1.165, 1.54) is 6.21 Å². The Morgan fingerprint density at radius 1 is 1.14 bits per heavy atom. The number of amides is 1. The highest BCUT2D eigenvalue weighted by Crippen LogP contribution is 2.35. The first-order valence-electron chi connectivity index (χ1n) is 9.76. The first-order chi connectivity index (χ1) is 13.8. The van der Waals surface area contributed by atoms with Crippen molar-refractivity contribution in [3.63, 3.8) is 0 Å². The number of aliphatic imine (C=N–C) groups is 1. The van der Waals surface area contributed by atoms with Crippen LogP contribution in [0.3, 0.4) is 0 Å². The number of nitrogens with one attached hydrogen (secondary N) is 1. The van der Waals surface area contributed by atoms with E-state index in [2.05, 4.69) is 10.3 Å². The predicted octanol–water partition coefficient (Wildman–Crippen LogP) is 5.16. The highest BCUT2D eigenvalue weighted by molar-refractivity contribution is 6.15. The van der Waals surface area contributed by atoms with Crippen LogP contribution in [-0.4, -0.2) is 23.0 Å². The van der Waals surface area contributed by atoms with Crippen LogP contribution in [0.1, 0.15) is 38.7 Å². The standard InChI is InChI=1S/C24H26N2O3/c1-24(2)14-21(27)20(22(28)15-24)16-25-18-9-6-10-19(13-18)26-23(29)12-11-17-7-4-3-5-8-17/h3-10,13,16,27H,11-12,14-15H2,1-2H3,(H,26,29). The summed E-state index contributed by atoms with van der Waals surface area (Å²) in [6.07, 6.45) is 3.33. The van der Waals surface area contributed by atoms with Crippen LogP contribution < -0.4 is 5.32 Å². The molecule has 5 heteroatoms. The Labute approximate surface area is 171 Å². The Bertz CT molecular complexity index is 959. The second kappa shape index (κ2) is 8.86. The molecule has 0 spiro atoms. The molecule has 29 heavy (non-hydrogen) atoms. The summed E-state index contributed by atoms with van der Waals surface area (Å²) in [6, 6.07) is 17.0. The molecule has 1 aliphatic rings. The lowest BCUT2D eigenvalue weighted by Gasteiger charge is -2.28. The van der Waals surface area contributed by atoms with E-state index in [0.29, 0.717) is 37.1 Å². The number of allylic oxidation sites excluding steroid dienone is 2. The first kappa shape index (κ1) is 20.5. The highest BCUT2D eigenvalue weighted by atomic mass is 16.3. The molecule has 2 aromatic rings. The zero-order valence-electron chi connectivity index (χ0n) is 16.8. The normalized spacial score (nSPS) is 16.3. The Kier molecular flexibility index (Phi) is 6.27. The van der Waals surface area contributed by atoms with Gasteiger partial charge in [0.15, 0.2) is 5.78 Å². The van der Waals surface area contributed by atoms with Crippen LogP contribution in [0.2, 0.25) is 0 Å². The van der Waals surface area contributed by atoms with Crippen LogP contribution >= 0.6 is 0 Å². The molecule has 0 atom stereocenters. The number of hydrogen-bond donors (Lipinski definition) is 2. The topological polar surface area (TPSA) is 78.8 Å². The molecule has 0 aliphatic heterocycles. The number of anilines is 1. The van der Waals surface area contributed by atoms with E-state index in [4.69, 9.17) is 0 Å². The largest absolute Gasteiger partial charge is 0.511 e. The number of carbonyl (C=O) groups is 2. The van der Waals surface area contributed by atoms with Gasteiger partial charge in [0, 0.05) is 31.2 Å². The van der Waals surface area contributed by atoms with Crippen molar-refractivity contribution in [2.75, 3.05) is 5.32 Å². The van der Waals surface area contributed by atoms with Crippen LogP contribution in [-0.2, 0) is 16.0 Å². The number of aryl methyl sites for hydroxylation is 1. The van der Waals surface area contributed by atoms with Crippen molar-refractivity contribution >= 4 is 29.3 Å². The van der Waals surface area contributed by atoms with Crippen LogP contribution in [0.5, 0.6) is 0 Å². The molecule has 5 nitrogen and oxygen atoms in total. The molecule has 3 rings (SSSR count). The second-order valence-corrected chi connectivity index (χ2v) is 8.14. The minimum Gasteiger partial charge on any atom is -0.511 e. The lowest BCUT2D eigenvalue weighted by molar-refractivity contribution is -0.118. The van der Waals surface area contributed by atoms with Crippen molar-refractivity contribution < 1.29 is 14.7 Å². The fraction of sp³-hybridized carbons (Fsp3) is 0.292. The van der Waals surface area contributed by atoms with Gasteiger partial charge < -0.3 is 10.4 Å². The molecule has 0 fully saturated rings. The molecule has 0 unspecified atom stereocenters. The molecule has 0 aromatic heterocycles. The first-order valence-corrected chi connectivity index (χ1v) is 9.76. The molecule has 0 bridgehead atoms. The summed E-state index contributed by atoms with van der Waals surface area (Å²) in [7, 11) is 0. The number of nitrogens with zero attached hydrogens (tertiary/aromatic N) is 1. The van der Waals surface area contributed by atoms with E-state index in [0.717, 1.165) is 5.56 Å². The summed E-state index contributed by atoms with van der Waals surface area (Å²) >= 11 is 0. The van der Waals surface area contributed by atoms with Gasteiger partial charge in [0.1, 0.15) is 5.76 Å². The summed E-state index contributed by atoms with van der Waals surface area (Å²) in [5.74, 6) is -0.0896. The summed E-state index contributed by atoms with van der Waals surface area (Å²) in [5, 5.41) is 13.1. The van der Waals surface area contributed by atoms with Crippen molar-refractivity contribution in [3.8, 4) is 0 Å². The predicted molar refractivity (Wildman–Crippen MR) is 116 cm³/mol. The smallest absolute Gasteiger partial charge is 0.224 e. The molecule has 0 heterocycles. The van der Waals surface area contributed by atoms with E-state index in [1.54, 1.807) is 24.3 Å². The summed E-state index contributed by atoms with van der Waals surface area (Å²) < 4.78 is 0. The molecule has 1 amide bonds. The monoisotopic (exact) mass is 390 g/mol. The number of aliphatic hydroxyl groups is 1. The summed E-state index contributed by atoms with van der Waals surface area (Å²) in [4.78, 5) is 28.8. The van der Waals surface area contributed by atoms with E-state index in [-0.39, 0.29) is 28.4 Å². The second-order valence-electron chi connectivity index (χ2n) is 8.14. The maximum Gasteiger partial charge on any atom is 0.224 e. The lowest BCUT2D eigenvalue weighted by Crippen LogP contribution is -2.26. The van der Waals surface area contributed by atoms with Crippen molar-refractivity contribution in [2.24, 2.45) is 10.4 Å². The van der Waals surface area contributed by atoms with E-state index >= 15 is 0 Å². The maximum absolute atomic E-state index is 12.3. The number of Topliss-reactive ketones (excluding diaryl/α,β-unsaturated/α-hetero) is 1. The van der Waals surface area contributed by atoms with Gasteiger partial charge >= 0.3 is 0 Å². The van der Waals surface area contributed by atoms with Crippen molar-refractivity contribution in [2.45, 2.75) is 39.5 Å². The number of ketones is 1. The van der Waals surface area contributed by atoms with Gasteiger partial charge in [0.2, 0.25) is 5.91 Å². The van der Waals surface area contributed by atoms with Crippen molar-refractivity contribution in [3.05, 3.63) is 71.5 Å². The molecule has 1 aliphatic carbocycles. The third kappa shape index (κ3) is 5.88. The molecule has 2 aromatic carbocycles. The minimum absolute atomic E-state index is 0.0694. The van der Waals surface area contributed by atoms with Gasteiger partial charge in [-0.05, 0) is 35.6 Å². The molecule has 0 saturated heterocycles. The van der Waals surface area contributed by atoms with Crippen LogP contribution in [0.4, 0.5) is 11.4 Å². The molecular weight excluding hydrogens is 364 g/mol. The molecule has 0 radical (unpaired) electrons. The van der Waals surface area contributed by atoms with Gasteiger partial charge in [-0.25, -0.2) is 0 Å². The highest BCUT2D eigenvalue weighted by Gasteiger charge is 2.32. The Balaban J connectivity index is 1.63. The molecule has 0 saturated carbocycles. The third-order valence-electron chi connectivity index (χ3n) is 4.85. The Morgan fingerprint density at radius 3 is 2.62 bits per heavy atom. The van der Waals surface area contributed by atoms with Crippen LogP contribution in [0.15, 0.2) is 70.9 Å². The zero-order chi connectivity index (χ0) is 20.9. The molecular formula is C24H26N2O3. The SMILES string of the molecule is CC1(C)CC(=O)C(C=Nc2cccc(NC(=O)CCc3ccccc3)c2)=C(O)C1. The Hall–Kier alpha value is -3.21. The number of rotatable bonds is 6. The lowest BCUT2D eigenvalue weighted by atomic mass is 9.77. The minimum atomic E-state index is -0.234. The van der Waals surface area contributed by atoms with Gasteiger partial charge in [-0.3, -0.25) is 14.6 Å². The summed E-state index contributed by atoms with van der Waals surface area (Å²) in [5.41, 5.74) is 2.40. The quantitative estimate of drug-likeness (QED) is 0.669. The number of carbonyl (C=O) groups excluding carboxylic acids is 2. The fourth-order valence-electron chi connectivity index (χ4n) is 3.38. The maximum atomic E-state index is 12.3. The number of hydrogen-bond acceptors (Lipinski definition) is 4. The van der Waals surface area contributed by atoms with Crippen LogP contribution in [0, 0.1) is 5.41 Å². The molecule has 150 valence electrons. The van der Waals surface area contributed by atoms with Gasteiger partial charge in [0.05, 0.1) is 11.3 Å². The van der Waals surface area contributed by atoms with E-state index < -0.39 is 0 Å². The third-order valence-corrected chi connectivity index (χ3v) is 4.85. The Morgan fingerprint density at radius 2 is 1.90 bits per heavy atom. The van der Waals surface area contributed by atoms with Gasteiger partial charge in [-0.2, -0.15) is 0 Å². The summed E-state index contributed by atoms with van der Waals surface area (Å²) in [6.45, 7) is 3.91. The van der Waals surface area contributed by atoms with Gasteiger partial charge in [-0.1, -0.05) is 50.2 Å². The zero-order valence-corrected chi connectivity index (χ0v) is 16.8. The van der Waals surface area contributed by atoms with Gasteiger partial charge in [0.25, 0.3) is 0 Å². The molecule has 2 N–H and O–H groups in total. The number of aliphatic hydroxyl groups excluding tert-OH is 1. The van der Waals surface area contributed by atoms with Crippen molar-refractivity contribution in [1.82, 2.24) is 0 Å². The average Bonchev–Trinajstić information content (AvgIpc) is 2.66. The van der Waals surface area contributed by atoms with Crippen molar-refractivity contribution in [1.29, 1.82) is 0 Å². The van der Waals surface area contributed by atoms with E-state index in [1.807, 2.05) is 44.2 Å². The van der Waals surface area contributed by atoms with Crippen LogP contribution in [0.25, 0.3) is 0 Å². The average molecular weight is 390 g/mol. The van der Waals surface area contributed by atoms with Gasteiger partial charge in [-0.15, -0.1) is 0 Å².